The highest BCUT2D eigenvalue weighted by atomic mass is 35.5. The molecule has 1 fully saturated rings. The van der Waals surface area contributed by atoms with Crippen LogP contribution in [-0.4, -0.2) is 22.6 Å². The summed E-state index contributed by atoms with van der Waals surface area (Å²) in [4.78, 5) is 16.7. The molecule has 0 saturated carbocycles. The highest BCUT2D eigenvalue weighted by molar-refractivity contribution is 6.31. The molecule has 1 aromatic heterocycles. The van der Waals surface area contributed by atoms with Gasteiger partial charge in [-0.25, -0.2) is 4.98 Å². The zero-order valence-electron chi connectivity index (χ0n) is 10.6. The number of nitrogens with zero attached hydrogens (tertiary/aromatic N) is 2. The molecule has 1 saturated heterocycles. The number of nitrogens with one attached hydrogen (secondary N) is 1. The average Bonchev–Trinajstić information content (AvgIpc) is 2.44. The fraction of sp³-hybridized carbons (Fsp3) is 0.429. The lowest BCUT2D eigenvalue weighted by Gasteiger charge is -2.23. The van der Waals surface area contributed by atoms with Crippen molar-refractivity contribution in [2.75, 3.05) is 13.1 Å². The summed E-state index contributed by atoms with van der Waals surface area (Å²) in [6, 6.07) is 5.24. The van der Waals surface area contributed by atoms with Crippen LogP contribution in [0.1, 0.15) is 12.8 Å². The first-order valence-electron chi connectivity index (χ1n) is 6.59. The number of hydrogen-bond donors (Lipinski definition) is 1. The Morgan fingerprint density at radius 1 is 1.47 bits per heavy atom. The highest BCUT2D eigenvalue weighted by Gasteiger charge is 2.15. The summed E-state index contributed by atoms with van der Waals surface area (Å²) in [5, 5.41) is 4.53. The van der Waals surface area contributed by atoms with Gasteiger partial charge in [0.1, 0.15) is 0 Å². The van der Waals surface area contributed by atoms with E-state index in [4.69, 9.17) is 11.6 Å². The van der Waals surface area contributed by atoms with Gasteiger partial charge in [-0.3, -0.25) is 9.36 Å². The minimum Gasteiger partial charge on any atom is -0.316 e. The predicted molar refractivity (Wildman–Crippen MR) is 76.6 cm³/mol. The lowest BCUT2D eigenvalue weighted by molar-refractivity contribution is 0.333. The molecule has 5 heteroatoms. The lowest BCUT2D eigenvalue weighted by atomic mass is 10.00. The molecule has 0 bridgehead atoms. The maximum absolute atomic E-state index is 12.4. The maximum Gasteiger partial charge on any atom is 0.261 e. The Kier molecular flexibility index (Phi) is 3.53. The Balaban J connectivity index is 1.95. The van der Waals surface area contributed by atoms with Gasteiger partial charge < -0.3 is 5.32 Å². The Labute approximate surface area is 116 Å². The number of rotatable bonds is 2. The summed E-state index contributed by atoms with van der Waals surface area (Å²) < 4.78 is 1.70. The third-order valence-electron chi connectivity index (χ3n) is 3.64. The molecule has 19 heavy (non-hydrogen) atoms. The third kappa shape index (κ3) is 2.65. The van der Waals surface area contributed by atoms with E-state index in [9.17, 15) is 4.79 Å². The van der Waals surface area contributed by atoms with Gasteiger partial charge in [0, 0.05) is 11.6 Å². The molecule has 1 unspecified atom stereocenters. The Bertz CT molecular complexity index is 647. The maximum atomic E-state index is 12.4. The molecule has 100 valence electrons. The van der Waals surface area contributed by atoms with Crippen LogP contribution in [0.15, 0.2) is 29.3 Å². The molecular formula is C14H16ClN3O. The van der Waals surface area contributed by atoms with Crippen LogP contribution in [0.2, 0.25) is 5.02 Å². The molecule has 1 atom stereocenters. The van der Waals surface area contributed by atoms with E-state index in [1.54, 1.807) is 29.1 Å². The van der Waals surface area contributed by atoms with Crippen molar-refractivity contribution in [2.45, 2.75) is 19.4 Å². The van der Waals surface area contributed by atoms with Crippen molar-refractivity contribution < 1.29 is 0 Å². The first kappa shape index (κ1) is 12.6. The molecule has 1 aromatic carbocycles. The van der Waals surface area contributed by atoms with E-state index in [1.165, 1.54) is 6.42 Å². The van der Waals surface area contributed by atoms with Gasteiger partial charge in [-0.1, -0.05) is 11.6 Å². The minimum absolute atomic E-state index is 0.00178. The van der Waals surface area contributed by atoms with E-state index in [-0.39, 0.29) is 5.56 Å². The molecule has 2 heterocycles. The van der Waals surface area contributed by atoms with E-state index in [0.717, 1.165) is 26.1 Å². The van der Waals surface area contributed by atoms with Crippen LogP contribution in [0.25, 0.3) is 10.9 Å². The van der Waals surface area contributed by atoms with Crippen LogP contribution in [0, 0.1) is 5.92 Å². The topological polar surface area (TPSA) is 46.9 Å². The van der Waals surface area contributed by atoms with Gasteiger partial charge in [0.25, 0.3) is 5.56 Å². The van der Waals surface area contributed by atoms with Crippen molar-refractivity contribution in [3.8, 4) is 0 Å². The van der Waals surface area contributed by atoms with Crippen LogP contribution in [0.3, 0.4) is 0 Å². The first-order chi connectivity index (χ1) is 9.24. The molecule has 0 spiro atoms. The fourth-order valence-corrected chi connectivity index (χ4v) is 2.79. The van der Waals surface area contributed by atoms with Gasteiger partial charge in [0.15, 0.2) is 0 Å². The Hall–Kier alpha value is -1.39. The molecule has 1 aliphatic rings. The zero-order valence-corrected chi connectivity index (χ0v) is 11.4. The molecule has 0 radical (unpaired) electrons. The summed E-state index contributed by atoms with van der Waals surface area (Å²) in [5.74, 6) is 0.505. The van der Waals surface area contributed by atoms with Crippen LogP contribution >= 0.6 is 11.6 Å². The fourth-order valence-electron chi connectivity index (χ4n) is 2.62. The second-order valence-corrected chi connectivity index (χ2v) is 5.51. The number of aromatic nitrogens is 2. The third-order valence-corrected chi connectivity index (χ3v) is 3.88. The van der Waals surface area contributed by atoms with E-state index >= 15 is 0 Å². The number of hydrogen-bond acceptors (Lipinski definition) is 3. The number of benzene rings is 1. The van der Waals surface area contributed by atoms with Crippen LogP contribution < -0.4 is 10.9 Å². The van der Waals surface area contributed by atoms with Gasteiger partial charge in [0.2, 0.25) is 0 Å². The summed E-state index contributed by atoms with van der Waals surface area (Å²) in [5.41, 5.74) is 0.700. The summed E-state index contributed by atoms with van der Waals surface area (Å²) in [6.07, 6.45) is 3.98. The smallest absolute Gasteiger partial charge is 0.261 e. The van der Waals surface area contributed by atoms with Crippen molar-refractivity contribution in [3.05, 3.63) is 39.9 Å². The monoisotopic (exact) mass is 277 g/mol. The van der Waals surface area contributed by atoms with Gasteiger partial charge in [-0.05, 0) is 50.0 Å². The van der Waals surface area contributed by atoms with Gasteiger partial charge >= 0.3 is 0 Å². The number of piperidine rings is 1. The summed E-state index contributed by atoms with van der Waals surface area (Å²) >= 11 is 5.95. The van der Waals surface area contributed by atoms with Crippen molar-refractivity contribution in [3.63, 3.8) is 0 Å². The van der Waals surface area contributed by atoms with Crippen LogP contribution in [-0.2, 0) is 6.54 Å². The predicted octanol–water partition coefficient (Wildman–Crippen LogP) is 2.05. The van der Waals surface area contributed by atoms with Gasteiger partial charge in [0.05, 0.1) is 17.2 Å². The first-order valence-corrected chi connectivity index (χ1v) is 6.97. The van der Waals surface area contributed by atoms with Crippen molar-refractivity contribution >= 4 is 22.5 Å². The van der Waals surface area contributed by atoms with Crippen molar-refractivity contribution in [1.29, 1.82) is 0 Å². The molecule has 3 rings (SSSR count). The molecule has 4 nitrogen and oxygen atoms in total. The molecule has 0 aliphatic carbocycles. The molecule has 1 aliphatic heterocycles. The van der Waals surface area contributed by atoms with E-state index < -0.39 is 0 Å². The average molecular weight is 278 g/mol. The largest absolute Gasteiger partial charge is 0.316 e. The van der Waals surface area contributed by atoms with E-state index in [0.29, 0.717) is 21.8 Å². The normalized spacial score (nSPS) is 19.7. The van der Waals surface area contributed by atoms with Crippen molar-refractivity contribution in [2.24, 2.45) is 5.92 Å². The van der Waals surface area contributed by atoms with Gasteiger partial charge in [-0.15, -0.1) is 0 Å². The van der Waals surface area contributed by atoms with E-state index in [2.05, 4.69) is 10.3 Å². The van der Waals surface area contributed by atoms with Gasteiger partial charge in [-0.2, -0.15) is 0 Å². The lowest BCUT2D eigenvalue weighted by Crippen LogP contribution is -2.34. The number of halogens is 1. The Morgan fingerprint density at radius 2 is 2.37 bits per heavy atom. The standard InChI is InChI=1S/C14H16ClN3O/c15-11-3-4-13-12(6-11)14(19)18(9-17-13)8-10-2-1-5-16-7-10/h3-4,6,9-10,16H,1-2,5,7-8H2. The molecule has 0 amide bonds. The number of fused-ring (bicyclic) bond motifs is 1. The second kappa shape index (κ2) is 5.31. The van der Waals surface area contributed by atoms with Crippen LogP contribution in [0.4, 0.5) is 0 Å². The quantitative estimate of drug-likeness (QED) is 0.914. The summed E-state index contributed by atoms with van der Waals surface area (Å²) in [6.45, 7) is 2.78. The highest BCUT2D eigenvalue weighted by Crippen LogP contribution is 2.15. The zero-order chi connectivity index (χ0) is 13.2. The minimum atomic E-state index is -0.00178. The van der Waals surface area contributed by atoms with E-state index in [1.807, 2.05) is 0 Å². The molecule has 1 N–H and O–H groups in total. The molecular weight excluding hydrogens is 262 g/mol. The second-order valence-electron chi connectivity index (χ2n) is 5.08. The Morgan fingerprint density at radius 3 is 3.16 bits per heavy atom. The van der Waals surface area contributed by atoms with Crippen molar-refractivity contribution in [1.82, 2.24) is 14.9 Å². The SMILES string of the molecule is O=c1c2cc(Cl)ccc2ncn1CC1CCCNC1. The van der Waals surface area contributed by atoms with Crippen LogP contribution in [0.5, 0.6) is 0 Å². The molecule has 2 aromatic rings. The summed E-state index contributed by atoms with van der Waals surface area (Å²) in [7, 11) is 0.